The van der Waals surface area contributed by atoms with Gasteiger partial charge in [-0.25, -0.2) is 9.36 Å². The van der Waals surface area contributed by atoms with Crippen LogP contribution in [0.1, 0.15) is 41.4 Å². The largest absolute Gasteiger partial charge is 0.337 e. The smallest absolute Gasteiger partial charge is 0.337 e. The standard InChI is InChI=1S/C29H29N5O4/c1-17(30-3)26(36)32-24-18(2)33-15-9-12-20-16-23(34(28(20)33)29(24)38)27(37)31-22-14-8-7-13-21(22)25(35)19-10-5-4-6-11-19/h4-15,17-18,23-24,30H,16H2,1-3H3,(H-,31,32,35,36,37)/p+1/t17-,18?,23+,24-/m0/s1. The lowest BCUT2D eigenvalue weighted by Gasteiger charge is -2.32. The van der Waals surface area contributed by atoms with Crippen molar-refractivity contribution in [2.24, 2.45) is 0 Å². The number of aromatic nitrogens is 1. The minimum atomic E-state index is -0.841. The predicted molar refractivity (Wildman–Crippen MR) is 142 cm³/mol. The van der Waals surface area contributed by atoms with Crippen LogP contribution in [-0.2, 0) is 20.8 Å². The van der Waals surface area contributed by atoms with Crippen molar-refractivity contribution in [2.45, 2.75) is 44.4 Å². The van der Waals surface area contributed by atoms with Crippen LogP contribution < -0.4 is 25.4 Å². The maximum absolute atomic E-state index is 13.8. The van der Waals surface area contributed by atoms with Gasteiger partial charge in [0.15, 0.2) is 17.9 Å². The first-order valence-corrected chi connectivity index (χ1v) is 12.6. The zero-order valence-corrected chi connectivity index (χ0v) is 21.5. The monoisotopic (exact) mass is 512 g/mol. The van der Waals surface area contributed by atoms with Crippen molar-refractivity contribution < 1.29 is 23.7 Å². The Balaban J connectivity index is 1.45. The Morgan fingerprint density at radius 1 is 1.00 bits per heavy atom. The molecule has 0 saturated carbocycles. The van der Waals surface area contributed by atoms with Gasteiger partial charge in [0, 0.05) is 23.1 Å². The van der Waals surface area contributed by atoms with Crippen molar-refractivity contribution in [1.82, 2.24) is 10.6 Å². The number of anilines is 2. The Morgan fingerprint density at radius 2 is 1.71 bits per heavy atom. The van der Waals surface area contributed by atoms with Crippen LogP contribution in [0.4, 0.5) is 11.5 Å². The molecule has 3 amide bonds. The van der Waals surface area contributed by atoms with Crippen LogP contribution in [0.2, 0.25) is 0 Å². The number of ketones is 1. The number of pyridine rings is 1. The second kappa shape index (κ2) is 10.2. The fourth-order valence-electron chi connectivity index (χ4n) is 5.10. The molecule has 3 heterocycles. The van der Waals surface area contributed by atoms with Gasteiger partial charge in [0.25, 0.3) is 11.7 Å². The van der Waals surface area contributed by atoms with Gasteiger partial charge in [-0.05, 0) is 45.2 Å². The molecule has 0 bridgehead atoms. The summed E-state index contributed by atoms with van der Waals surface area (Å²) < 4.78 is 1.94. The summed E-state index contributed by atoms with van der Waals surface area (Å²) in [6, 6.07) is 17.0. The molecule has 2 aliphatic rings. The maximum Gasteiger partial charge on any atom is 0.337 e. The van der Waals surface area contributed by atoms with Crippen molar-refractivity contribution in [3.05, 3.63) is 89.6 Å². The highest BCUT2D eigenvalue weighted by Crippen LogP contribution is 2.35. The highest BCUT2D eigenvalue weighted by atomic mass is 16.2. The van der Waals surface area contributed by atoms with Crippen LogP contribution >= 0.6 is 0 Å². The molecule has 4 atom stereocenters. The molecule has 0 aliphatic carbocycles. The Hall–Kier alpha value is -4.37. The van der Waals surface area contributed by atoms with Crippen LogP contribution in [0.25, 0.3) is 0 Å². The van der Waals surface area contributed by atoms with Crippen LogP contribution in [0.3, 0.4) is 0 Å². The molecule has 2 aromatic carbocycles. The summed E-state index contributed by atoms with van der Waals surface area (Å²) in [5.74, 6) is -0.596. The molecular formula is C29H30N5O4+. The first-order valence-electron chi connectivity index (χ1n) is 12.6. The van der Waals surface area contributed by atoms with Gasteiger partial charge in [0.05, 0.1) is 17.9 Å². The number of nitrogens with zero attached hydrogens (tertiary/aromatic N) is 2. The summed E-state index contributed by atoms with van der Waals surface area (Å²) >= 11 is 0. The van der Waals surface area contributed by atoms with E-state index >= 15 is 0 Å². The first-order chi connectivity index (χ1) is 18.3. The van der Waals surface area contributed by atoms with Gasteiger partial charge in [-0.3, -0.25) is 14.4 Å². The Bertz CT molecular complexity index is 1420. The van der Waals surface area contributed by atoms with Gasteiger partial charge in [-0.15, -0.1) is 0 Å². The van der Waals surface area contributed by atoms with E-state index in [1.54, 1.807) is 62.5 Å². The van der Waals surface area contributed by atoms with E-state index in [0.717, 1.165) is 5.56 Å². The van der Waals surface area contributed by atoms with E-state index in [4.69, 9.17) is 0 Å². The average Bonchev–Trinajstić information content (AvgIpc) is 3.34. The summed E-state index contributed by atoms with van der Waals surface area (Å²) in [5.41, 5.74) is 2.12. The average molecular weight is 513 g/mol. The van der Waals surface area contributed by atoms with Crippen LogP contribution in [-0.4, -0.2) is 48.7 Å². The fraction of sp³-hybridized carbons (Fsp3) is 0.276. The summed E-state index contributed by atoms with van der Waals surface area (Å²) in [7, 11) is 1.67. The molecule has 3 N–H and O–H groups in total. The second-order valence-electron chi connectivity index (χ2n) is 9.66. The summed E-state index contributed by atoms with van der Waals surface area (Å²) in [6.45, 7) is 3.59. The summed E-state index contributed by atoms with van der Waals surface area (Å²) in [6.07, 6.45) is 2.18. The number of amides is 3. The lowest BCUT2D eigenvalue weighted by atomic mass is 10.0. The Morgan fingerprint density at radius 3 is 2.45 bits per heavy atom. The van der Waals surface area contributed by atoms with E-state index in [1.165, 1.54) is 4.90 Å². The number of rotatable bonds is 7. The number of para-hydroxylation sites is 1. The van der Waals surface area contributed by atoms with E-state index in [2.05, 4.69) is 16.0 Å². The molecule has 2 aliphatic heterocycles. The fourth-order valence-corrected chi connectivity index (χ4v) is 5.10. The highest BCUT2D eigenvalue weighted by molar-refractivity contribution is 6.15. The van der Waals surface area contributed by atoms with Gasteiger partial charge in [0.2, 0.25) is 5.91 Å². The van der Waals surface area contributed by atoms with Gasteiger partial charge < -0.3 is 16.0 Å². The predicted octanol–water partition coefficient (Wildman–Crippen LogP) is 1.77. The lowest BCUT2D eigenvalue weighted by molar-refractivity contribution is -0.710. The maximum atomic E-state index is 13.8. The zero-order valence-electron chi connectivity index (χ0n) is 21.5. The molecule has 1 aromatic heterocycles. The molecule has 3 aromatic rings. The molecule has 1 unspecified atom stereocenters. The van der Waals surface area contributed by atoms with E-state index in [-0.39, 0.29) is 23.6 Å². The van der Waals surface area contributed by atoms with Crippen molar-refractivity contribution in [1.29, 1.82) is 0 Å². The van der Waals surface area contributed by atoms with Crippen molar-refractivity contribution in [3.63, 3.8) is 0 Å². The minimum Gasteiger partial charge on any atom is -0.337 e. The molecule has 38 heavy (non-hydrogen) atoms. The normalized spacial score (nSPS) is 20.4. The van der Waals surface area contributed by atoms with Gasteiger partial charge in [-0.2, -0.15) is 4.90 Å². The molecule has 9 heteroatoms. The van der Waals surface area contributed by atoms with Crippen molar-refractivity contribution >= 4 is 35.0 Å². The number of benzene rings is 2. The van der Waals surface area contributed by atoms with Crippen LogP contribution in [0, 0.1) is 0 Å². The lowest BCUT2D eigenvalue weighted by Crippen LogP contribution is -2.67. The molecule has 0 spiro atoms. The molecule has 9 nitrogen and oxygen atoms in total. The third-order valence-corrected chi connectivity index (χ3v) is 7.35. The highest BCUT2D eigenvalue weighted by Gasteiger charge is 2.55. The topological polar surface area (TPSA) is 111 Å². The van der Waals surface area contributed by atoms with Gasteiger partial charge in [-0.1, -0.05) is 42.5 Å². The number of carbonyl (C=O) groups excluding carboxylic acids is 4. The number of hydrogen-bond donors (Lipinski definition) is 3. The summed E-state index contributed by atoms with van der Waals surface area (Å²) in [4.78, 5) is 54.8. The molecule has 0 saturated heterocycles. The van der Waals surface area contributed by atoms with Crippen LogP contribution in [0.15, 0.2) is 72.9 Å². The van der Waals surface area contributed by atoms with Crippen LogP contribution in [0.5, 0.6) is 0 Å². The van der Waals surface area contributed by atoms with E-state index in [9.17, 15) is 19.2 Å². The molecule has 194 valence electrons. The van der Waals surface area contributed by atoms with E-state index < -0.39 is 24.0 Å². The van der Waals surface area contributed by atoms with E-state index in [1.807, 2.05) is 35.9 Å². The number of carbonyl (C=O) groups is 4. The second-order valence-corrected chi connectivity index (χ2v) is 9.66. The third kappa shape index (κ3) is 4.35. The number of likely N-dealkylation sites (N-methyl/N-ethyl adjacent to an activating group) is 1. The van der Waals surface area contributed by atoms with Crippen molar-refractivity contribution in [3.8, 4) is 0 Å². The molecule has 0 fully saturated rings. The first kappa shape index (κ1) is 25.3. The van der Waals surface area contributed by atoms with Crippen molar-refractivity contribution in [2.75, 3.05) is 17.3 Å². The molecule has 5 rings (SSSR count). The van der Waals surface area contributed by atoms with Gasteiger partial charge >= 0.3 is 5.91 Å². The molecule has 0 radical (unpaired) electrons. The summed E-state index contributed by atoms with van der Waals surface area (Å²) in [5, 5.41) is 8.64. The Labute approximate surface area is 220 Å². The minimum absolute atomic E-state index is 0.210. The van der Waals surface area contributed by atoms with E-state index in [0.29, 0.717) is 29.1 Å². The van der Waals surface area contributed by atoms with Gasteiger partial charge in [0.1, 0.15) is 6.04 Å². The Kier molecular flexibility index (Phi) is 6.77. The number of nitrogens with one attached hydrogen (secondary N) is 3. The zero-order chi connectivity index (χ0) is 27.0. The third-order valence-electron chi connectivity index (χ3n) is 7.35. The quantitative estimate of drug-likeness (QED) is 0.330. The number of hydrogen-bond acceptors (Lipinski definition) is 5. The SMILES string of the molecule is CN[C@@H](C)C(=O)N[C@@H]1C(=O)N2c3c(ccc[n+]3C1C)C[C@@H]2C(=O)Nc1ccccc1C(=O)c1ccccc1. The molecular weight excluding hydrogens is 482 g/mol.